The van der Waals surface area contributed by atoms with Crippen LogP contribution in [0.3, 0.4) is 0 Å². The maximum Gasteiger partial charge on any atom is 0.123 e. The molecule has 2 rings (SSSR count). The van der Waals surface area contributed by atoms with Gasteiger partial charge in [-0.25, -0.2) is 0 Å². The van der Waals surface area contributed by atoms with Crippen molar-refractivity contribution in [2.75, 3.05) is 11.1 Å². The van der Waals surface area contributed by atoms with E-state index in [1.165, 1.54) is 0 Å². The SMILES string of the molecule is Cc1ccc(CNc2ccc(N)cc2I)o1. The molecule has 0 saturated heterocycles. The molecule has 0 radical (unpaired) electrons. The standard InChI is InChI=1S/C12H13IN2O/c1-8-2-4-10(16-8)7-15-12-5-3-9(14)6-11(12)13/h2-6,15H,7,14H2,1H3. The van der Waals surface area contributed by atoms with E-state index in [0.29, 0.717) is 6.54 Å². The molecule has 0 aliphatic rings. The van der Waals surface area contributed by atoms with Crippen LogP contribution in [0.1, 0.15) is 11.5 Å². The van der Waals surface area contributed by atoms with Crippen LogP contribution in [0.15, 0.2) is 34.7 Å². The number of nitrogen functional groups attached to an aromatic ring is 1. The van der Waals surface area contributed by atoms with Crippen molar-refractivity contribution in [3.05, 3.63) is 45.4 Å². The molecule has 0 unspecified atom stereocenters. The highest BCUT2D eigenvalue weighted by Gasteiger charge is 2.02. The number of nitrogens with two attached hydrogens (primary N) is 1. The first-order valence-electron chi connectivity index (χ1n) is 4.99. The summed E-state index contributed by atoms with van der Waals surface area (Å²) in [5, 5.41) is 3.31. The highest BCUT2D eigenvalue weighted by Crippen LogP contribution is 2.21. The molecule has 1 aromatic heterocycles. The Morgan fingerprint density at radius 3 is 2.75 bits per heavy atom. The molecular weight excluding hydrogens is 315 g/mol. The maximum absolute atomic E-state index is 5.69. The van der Waals surface area contributed by atoms with Crippen molar-refractivity contribution < 1.29 is 4.42 Å². The summed E-state index contributed by atoms with van der Waals surface area (Å²) in [6.07, 6.45) is 0. The van der Waals surface area contributed by atoms with E-state index < -0.39 is 0 Å². The van der Waals surface area contributed by atoms with Gasteiger partial charge in [-0.2, -0.15) is 0 Å². The minimum atomic E-state index is 0.688. The summed E-state index contributed by atoms with van der Waals surface area (Å²) in [5.41, 5.74) is 7.54. The monoisotopic (exact) mass is 328 g/mol. The van der Waals surface area contributed by atoms with Crippen molar-refractivity contribution in [2.45, 2.75) is 13.5 Å². The van der Waals surface area contributed by atoms with E-state index >= 15 is 0 Å². The fraction of sp³-hybridized carbons (Fsp3) is 0.167. The molecule has 2 aromatic rings. The predicted octanol–water partition coefficient (Wildman–Crippen LogP) is 3.39. The Hall–Kier alpha value is -1.17. The number of furan rings is 1. The van der Waals surface area contributed by atoms with E-state index in [1.807, 2.05) is 37.3 Å². The Kier molecular flexibility index (Phi) is 3.38. The molecule has 4 heteroatoms. The Morgan fingerprint density at radius 1 is 1.31 bits per heavy atom. The van der Waals surface area contributed by atoms with Gasteiger partial charge in [0.2, 0.25) is 0 Å². The van der Waals surface area contributed by atoms with Gasteiger partial charge >= 0.3 is 0 Å². The minimum absolute atomic E-state index is 0.688. The molecule has 1 heterocycles. The topological polar surface area (TPSA) is 51.2 Å². The van der Waals surface area contributed by atoms with Crippen LogP contribution < -0.4 is 11.1 Å². The van der Waals surface area contributed by atoms with Gasteiger partial charge in [0, 0.05) is 14.9 Å². The lowest BCUT2D eigenvalue weighted by molar-refractivity contribution is 0.490. The Labute approximate surface area is 108 Å². The molecule has 16 heavy (non-hydrogen) atoms. The van der Waals surface area contributed by atoms with Gasteiger partial charge in [0.25, 0.3) is 0 Å². The molecule has 0 aliphatic heterocycles. The van der Waals surface area contributed by atoms with Gasteiger partial charge in [0.05, 0.1) is 6.54 Å². The molecule has 0 bridgehead atoms. The van der Waals surface area contributed by atoms with E-state index in [1.54, 1.807) is 0 Å². The fourth-order valence-corrected chi connectivity index (χ4v) is 2.17. The third-order valence-electron chi connectivity index (χ3n) is 2.24. The lowest BCUT2D eigenvalue weighted by atomic mass is 10.3. The number of aryl methyl sites for hydroxylation is 1. The van der Waals surface area contributed by atoms with Crippen molar-refractivity contribution in [3.63, 3.8) is 0 Å². The van der Waals surface area contributed by atoms with E-state index in [9.17, 15) is 0 Å². The van der Waals surface area contributed by atoms with Gasteiger partial charge in [-0.05, 0) is 59.8 Å². The highest BCUT2D eigenvalue weighted by atomic mass is 127. The number of nitrogens with one attached hydrogen (secondary N) is 1. The molecule has 0 saturated carbocycles. The van der Waals surface area contributed by atoms with Gasteiger partial charge in [0.1, 0.15) is 11.5 Å². The lowest BCUT2D eigenvalue weighted by Gasteiger charge is -2.07. The predicted molar refractivity (Wildman–Crippen MR) is 74.3 cm³/mol. The lowest BCUT2D eigenvalue weighted by Crippen LogP contribution is -2.00. The first kappa shape index (κ1) is 11.3. The Bertz CT molecular complexity index is 494. The van der Waals surface area contributed by atoms with E-state index in [4.69, 9.17) is 10.2 Å². The summed E-state index contributed by atoms with van der Waals surface area (Å²) in [7, 11) is 0. The second-order valence-electron chi connectivity index (χ2n) is 3.61. The minimum Gasteiger partial charge on any atom is -0.465 e. The van der Waals surface area contributed by atoms with Crippen molar-refractivity contribution in [2.24, 2.45) is 0 Å². The molecule has 0 atom stereocenters. The zero-order valence-electron chi connectivity index (χ0n) is 8.96. The second-order valence-corrected chi connectivity index (χ2v) is 4.77. The molecule has 3 N–H and O–H groups in total. The number of benzene rings is 1. The maximum atomic E-state index is 5.69. The normalized spacial score (nSPS) is 10.4. The molecule has 1 aromatic carbocycles. The fourth-order valence-electron chi connectivity index (χ4n) is 1.44. The average Bonchev–Trinajstić information content (AvgIpc) is 2.63. The number of hydrogen-bond acceptors (Lipinski definition) is 3. The van der Waals surface area contributed by atoms with Crippen molar-refractivity contribution in [3.8, 4) is 0 Å². The quantitative estimate of drug-likeness (QED) is 0.671. The van der Waals surface area contributed by atoms with E-state index in [0.717, 1.165) is 26.5 Å². The van der Waals surface area contributed by atoms with Gasteiger partial charge in [-0.3, -0.25) is 0 Å². The highest BCUT2D eigenvalue weighted by molar-refractivity contribution is 14.1. The molecule has 0 amide bonds. The van der Waals surface area contributed by atoms with E-state index in [2.05, 4.69) is 27.9 Å². The van der Waals surface area contributed by atoms with Crippen LogP contribution in [-0.2, 0) is 6.54 Å². The molecule has 0 fully saturated rings. The van der Waals surface area contributed by atoms with E-state index in [-0.39, 0.29) is 0 Å². The van der Waals surface area contributed by atoms with Crippen LogP contribution in [0.25, 0.3) is 0 Å². The molecule has 84 valence electrons. The number of anilines is 2. The summed E-state index contributed by atoms with van der Waals surface area (Å²) in [6, 6.07) is 9.75. The Balaban J connectivity index is 2.04. The van der Waals surface area contributed by atoms with Crippen LogP contribution in [0.2, 0.25) is 0 Å². The van der Waals surface area contributed by atoms with Crippen molar-refractivity contribution in [1.82, 2.24) is 0 Å². The van der Waals surface area contributed by atoms with Crippen LogP contribution in [0.5, 0.6) is 0 Å². The zero-order valence-corrected chi connectivity index (χ0v) is 11.1. The molecule has 3 nitrogen and oxygen atoms in total. The largest absolute Gasteiger partial charge is 0.465 e. The van der Waals surface area contributed by atoms with Crippen molar-refractivity contribution >= 4 is 34.0 Å². The molecule has 0 spiro atoms. The van der Waals surface area contributed by atoms with Gasteiger partial charge in [-0.15, -0.1) is 0 Å². The first-order chi connectivity index (χ1) is 7.65. The molecular formula is C12H13IN2O. The van der Waals surface area contributed by atoms with Gasteiger partial charge < -0.3 is 15.5 Å². The second kappa shape index (κ2) is 4.78. The summed E-state index contributed by atoms with van der Waals surface area (Å²) >= 11 is 2.26. The van der Waals surface area contributed by atoms with Crippen molar-refractivity contribution in [1.29, 1.82) is 0 Å². The summed E-state index contributed by atoms with van der Waals surface area (Å²) in [5.74, 6) is 1.87. The average molecular weight is 328 g/mol. The smallest absolute Gasteiger partial charge is 0.123 e. The summed E-state index contributed by atoms with van der Waals surface area (Å²) in [6.45, 7) is 2.63. The third-order valence-corrected chi connectivity index (χ3v) is 3.13. The van der Waals surface area contributed by atoms with Gasteiger partial charge in [0.15, 0.2) is 0 Å². The van der Waals surface area contributed by atoms with Crippen LogP contribution in [0, 0.1) is 10.5 Å². The number of hydrogen-bond donors (Lipinski definition) is 2. The van der Waals surface area contributed by atoms with Crippen LogP contribution >= 0.6 is 22.6 Å². The number of halogens is 1. The summed E-state index contributed by atoms with van der Waals surface area (Å²) in [4.78, 5) is 0. The first-order valence-corrected chi connectivity index (χ1v) is 6.07. The number of rotatable bonds is 3. The zero-order chi connectivity index (χ0) is 11.5. The third kappa shape index (κ3) is 2.69. The van der Waals surface area contributed by atoms with Gasteiger partial charge in [-0.1, -0.05) is 0 Å². The summed E-state index contributed by atoms with van der Waals surface area (Å²) < 4.78 is 6.59. The Morgan fingerprint density at radius 2 is 2.12 bits per heavy atom. The molecule has 0 aliphatic carbocycles. The van der Waals surface area contributed by atoms with Crippen LogP contribution in [0.4, 0.5) is 11.4 Å². The van der Waals surface area contributed by atoms with Crippen LogP contribution in [-0.4, -0.2) is 0 Å².